The lowest BCUT2D eigenvalue weighted by molar-refractivity contribution is -0.131. The van der Waals surface area contributed by atoms with Crippen molar-refractivity contribution in [1.29, 1.82) is 0 Å². The van der Waals surface area contributed by atoms with Gasteiger partial charge in [-0.3, -0.25) is 4.79 Å². The van der Waals surface area contributed by atoms with Gasteiger partial charge in [-0.1, -0.05) is 17.3 Å². The molecule has 3 aromatic rings. The first-order valence-corrected chi connectivity index (χ1v) is 8.36. The molecule has 0 spiro atoms. The monoisotopic (exact) mass is 354 g/mol. The van der Waals surface area contributed by atoms with Gasteiger partial charge in [-0.2, -0.15) is 0 Å². The van der Waals surface area contributed by atoms with Crippen LogP contribution >= 0.6 is 0 Å². The Kier molecular flexibility index (Phi) is 4.24. The molecule has 0 aliphatic carbocycles. The van der Waals surface area contributed by atoms with E-state index in [-0.39, 0.29) is 24.0 Å². The van der Waals surface area contributed by atoms with Crippen molar-refractivity contribution in [1.82, 2.24) is 10.1 Å². The minimum absolute atomic E-state index is 0.0337. The van der Waals surface area contributed by atoms with Crippen molar-refractivity contribution < 1.29 is 18.1 Å². The normalized spacial score (nSPS) is 13.5. The van der Waals surface area contributed by atoms with E-state index < -0.39 is 0 Å². The van der Waals surface area contributed by atoms with Crippen LogP contribution in [0.5, 0.6) is 0 Å². The molecule has 1 aliphatic rings. The predicted octanol–water partition coefficient (Wildman–Crippen LogP) is 3.75. The summed E-state index contributed by atoms with van der Waals surface area (Å²) in [4.78, 5) is 14.2. The Hall–Kier alpha value is -3.02. The van der Waals surface area contributed by atoms with E-state index in [4.69, 9.17) is 4.52 Å². The molecule has 132 valence electrons. The molecule has 0 fully saturated rings. The topological polar surface area (TPSA) is 46.3 Å². The molecule has 0 atom stereocenters. The molecule has 2 heterocycles. The van der Waals surface area contributed by atoms with Crippen LogP contribution in [0.25, 0.3) is 11.3 Å². The fourth-order valence-electron chi connectivity index (χ4n) is 3.16. The molecule has 2 aromatic carbocycles. The number of aromatic nitrogens is 1. The van der Waals surface area contributed by atoms with Crippen LogP contribution in [0.2, 0.25) is 0 Å². The van der Waals surface area contributed by atoms with Crippen LogP contribution in [-0.2, 0) is 24.2 Å². The van der Waals surface area contributed by atoms with E-state index in [1.54, 1.807) is 29.2 Å². The highest BCUT2D eigenvalue weighted by atomic mass is 19.1. The summed E-state index contributed by atoms with van der Waals surface area (Å²) in [7, 11) is 0. The molecule has 26 heavy (non-hydrogen) atoms. The molecular weight excluding hydrogens is 338 g/mol. The summed E-state index contributed by atoms with van der Waals surface area (Å²) >= 11 is 0. The van der Waals surface area contributed by atoms with E-state index in [1.165, 1.54) is 24.3 Å². The maximum absolute atomic E-state index is 13.1. The summed E-state index contributed by atoms with van der Waals surface area (Å²) in [5.74, 6) is -0.0290. The number of rotatable bonds is 3. The number of fused-ring (bicyclic) bond motifs is 1. The van der Waals surface area contributed by atoms with Crippen LogP contribution in [0.4, 0.5) is 8.78 Å². The lowest BCUT2D eigenvalue weighted by atomic mass is 10.00. The third-order valence-electron chi connectivity index (χ3n) is 4.57. The first-order chi connectivity index (χ1) is 12.6. The molecule has 0 unspecified atom stereocenters. The fourth-order valence-corrected chi connectivity index (χ4v) is 3.16. The smallest absolute Gasteiger partial charge is 0.227 e. The Morgan fingerprint density at radius 2 is 1.69 bits per heavy atom. The zero-order valence-corrected chi connectivity index (χ0v) is 13.9. The summed E-state index contributed by atoms with van der Waals surface area (Å²) in [5, 5.41) is 4.09. The molecule has 6 heteroatoms. The van der Waals surface area contributed by atoms with Crippen LogP contribution in [0.1, 0.15) is 16.8 Å². The van der Waals surface area contributed by atoms with Gasteiger partial charge < -0.3 is 9.42 Å². The summed E-state index contributed by atoms with van der Waals surface area (Å²) in [6.07, 6.45) is 0.846. The highest BCUT2D eigenvalue weighted by Gasteiger charge is 2.27. The molecule has 0 bridgehead atoms. The van der Waals surface area contributed by atoms with Crippen molar-refractivity contribution in [2.45, 2.75) is 19.4 Å². The molecular formula is C20H16F2N2O2. The molecule has 0 saturated carbocycles. The van der Waals surface area contributed by atoms with Gasteiger partial charge >= 0.3 is 0 Å². The lowest BCUT2D eigenvalue weighted by Crippen LogP contribution is -2.36. The second-order valence-electron chi connectivity index (χ2n) is 6.31. The fraction of sp³-hybridized carbons (Fsp3) is 0.200. The molecule has 1 aromatic heterocycles. The van der Waals surface area contributed by atoms with Crippen LogP contribution in [0.15, 0.2) is 53.1 Å². The Morgan fingerprint density at radius 3 is 2.38 bits per heavy atom. The molecule has 0 N–H and O–H groups in total. The Morgan fingerprint density at radius 1 is 1.04 bits per heavy atom. The van der Waals surface area contributed by atoms with Crippen LogP contribution < -0.4 is 0 Å². The average molecular weight is 354 g/mol. The minimum Gasteiger partial charge on any atom is -0.356 e. The lowest BCUT2D eigenvalue weighted by Gasteiger charge is -2.26. The second kappa shape index (κ2) is 6.71. The van der Waals surface area contributed by atoms with E-state index in [0.29, 0.717) is 25.3 Å². The molecule has 4 rings (SSSR count). The number of benzene rings is 2. The van der Waals surface area contributed by atoms with Gasteiger partial charge in [-0.15, -0.1) is 0 Å². The maximum atomic E-state index is 13.1. The summed E-state index contributed by atoms with van der Waals surface area (Å²) in [6, 6.07) is 12.0. The van der Waals surface area contributed by atoms with Gasteiger partial charge in [-0.05, 0) is 48.4 Å². The number of nitrogens with zero attached hydrogens (tertiary/aromatic N) is 2. The van der Waals surface area contributed by atoms with Gasteiger partial charge in [0.15, 0.2) is 5.76 Å². The first-order valence-electron chi connectivity index (χ1n) is 8.36. The SMILES string of the molecule is O=C(Cc1ccc(F)cc1)N1CCc2c(noc2-c2ccc(F)cc2)C1. The highest BCUT2D eigenvalue weighted by Crippen LogP contribution is 2.30. The van der Waals surface area contributed by atoms with Crippen molar-refractivity contribution in [3.63, 3.8) is 0 Å². The highest BCUT2D eigenvalue weighted by molar-refractivity contribution is 5.79. The summed E-state index contributed by atoms with van der Waals surface area (Å²) in [6.45, 7) is 0.933. The number of hydrogen-bond donors (Lipinski definition) is 0. The van der Waals surface area contributed by atoms with E-state index >= 15 is 0 Å². The number of halogens is 2. The Balaban J connectivity index is 1.49. The van der Waals surface area contributed by atoms with Crippen molar-refractivity contribution in [2.24, 2.45) is 0 Å². The number of amides is 1. The number of carbonyl (C=O) groups excluding carboxylic acids is 1. The first kappa shape index (κ1) is 16.4. The Labute approximate surface area is 149 Å². The van der Waals surface area contributed by atoms with E-state index in [2.05, 4.69) is 5.16 Å². The van der Waals surface area contributed by atoms with Crippen molar-refractivity contribution in [3.05, 3.63) is 77.0 Å². The third-order valence-corrected chi connectivity index (χ3v) is 4.57. The average Bonchev–Trinajstić information content (AvgIpc) is 3.07. The van der Waals surface area contributed by atoms with Crippen LogP contribution in [0.3, 0.4) is 0 Å². The van der Waals surface area contributed by atoms with E-state index in [9.17, 15) is 13.6 Å². The van der Waals surface area contributed by atoms with Gasteiger partial charge in [0.2, 0.25) is 5.91 Å². The van der Waals surface area contributed by atoms with Crippen molar-refractivity contribution in [2.75, 3.05) is 6.54 Å². The molecule has 0 radical (unpaired) electrons. The van der Waals surface area contributed by atoms with E-state index in [1.807, 2.05) is 0 Å². The zero-order valence-electron chi connectivity index (χ0n) is 13.9. The standard InChI is InChI=1S/C20H16F2N2O2/c21-15-5-1-13(2-6-15)11-19(25)24-10-9-17-18(12-24)23-26-20(17)14-3-7-16(22)8-4-14/h1-8H,9-12H2. The van der Waals surface area contributed by atoms with Crippen molar-refractivity contribution >= 4 is 5.91 Å². The molecule has 1 aliphatic heterocycles. The molecule has 0 saturated heterocycles. The van der Waals surface area contributed by atoms with Gasteiger partial charge in [-0.25, -0.2) is 8.78 Å². The summed E-state index contributed by atoms with van der Waals surface area (Å²) < 4.78 is 31.5. The molecule has 4 nitrogen and oxygen atoms in total. The predicted molar refractivity (Wildman–Crippen MR) is 91.1 cm³/mol. The molecule has 1 amide bonds. The van der Waals surface area contributed by atoms with Gasteiger partial charge in [0, 0.05) is 17.7 Å². The number of hydrogen-bond acceptors (Lipinski definition) is 3. The van der Waals surface area contributed by atoms with Crippen LogP contribution in [0, 0.1) is 11.6 Å². The maximum Gasteiger partial charge on any atom is 0.227 e. The zero-order chi connectivity index (χ0) is 18.1. The second-order valence-corrected chi connectivity index (χ2v) is 6.31. The van der Waals surface area contributed by atoms with Gasteiger partial charge in [0.25, 0.3) is 0 Å². The van der Waals surface area contributed by atoms with E-state index in [0.717, 1.165) is 22.4 Å². The van der Waals surface area contributed by atoms with Gasteiger partial charge in [0.1, 0.15) is 17.3 Å². The number of carbonyl (C=O) groups is 1. The van der Waals surface area contributed by atoms with Crippen molar-refractivity contribution in [3.8, 4) is 11.3 Å². The van der Waals surface area contributed by atoms with Crippen LogP contribution in [-0.4, -0.2) is 22.5 Å². The van der Waals surface area contributed by atoms with Gasteiger partial charge in [0.05, 0.1) is 13.0 Å². The quantitative estimate of drug-likeness (QED) is 0.720. The third kappa shape index (κ3) is 3.22. The largest absolute Gasteiger partial charge is 0.356 e. The summed E-state index contributed by atoms with van der Waals surface area (Å²) in [5.41, 5.74) is 3.23. The minimum atomic E-state index is -0.320. The Bertz CT molecular complexity index is 933.